The van der Waals surface area contributed by atoms with Gasteiger partial charge in [-0.1, -0.05) is 40.9 Å². The summed E-state index contributed by atoms with van der Waals surface area (Å²) in [4.78, 5) is 11.0. The topological polar surface area (TPSA) is 65.0 Å². The van der Waals surface area contributed by atoms with Crippen molar-refractivity contribution in [3.8, 4) is 23.0 Å². The molecular weight excluding hydrogens is 463 g/mol. The number of carboxylic acid groups (broad SMARTS) is 1. The Kier molecular flexibility index (Phi) is 6.28. The molecule has 3 aromatic carbocycles. The number of halogens is 3. The molecule has 0 saturated carbocycles. The van der Waals surface area contributed by atoms with Crippen LogP contribution in [0, 0.1) is 0 Å². The van der Waals surface area contributed by atoms with E-state index in [1.807, 2.05) is 12.1 Å². The molecule has 0 saturated heterocycles. The van der Waals surface area contributed by atoms with Gasteiger partial charge >= 0.3 is 5.97 Å². The summed E-state index contributed by atoms with van der Waals surface area (Å²) in [5.41, 5.74) is 2.33. The molecular formula is C23H15Cl3O5. The minimum absolute atomic E-state index is 0.146. The third kappa shape index (κ3) is 5.25. The minimum Gasteiger partial charge on any atom is -0.478 e. The molecule has 0 unspecified atom stereocenters. The Hall–Kier alpha value is -2.86. The smallest absolute Gasteiger partial charge is 0.328 e. The summed E-state index contributed by atoms with van der Waals surface area (Å²) < 4.78 is 16.7. The molecule has 3 aromatic rings. The number of rotatable bonds is 6. The van der Waals surface area contributed by atoms with Gasteiger partial charge in [0.05, 0.1) is 0 Å². The Balaban J connectivity index is 1.69. The predicted octanol–water partition coefficient (Wildman–Crippen LogP) is 6.86. The van der Waals surface area contributed by atoms with Crippen molar-refractivity contribution in [3.05, 3.63) is 86.4 Å². The van der Waals surface area contributed by atoms with E-state index in [0.29, 0.717) is 50.1 Å². The molecule has 5 nitrogen and oxygen atoms in total. The van der Waals surface area contributed by atoms with Crippen molar-refractivity contribution in [1.29, 1.82) is 0 Å². The fourth-order valence-corrected chi connectivity index (χ4v) is 3.87. The average molecular weight is 478 g/mol. The first-order valence-corrected chi connectivity index (χ1v) is 10.3. The maximum atomic E-state index is 11.0. The molecule has 4 rings (SSSR count). The van der Waals surface area contributed by atoms with Gasteiger partial charge in [0.2, 0.25) is 6.79 Å². The average Bonchev–Trinajstić information content (AvgIpc) is 3.14. The van der Waals surface area contributed by atoms with Gasteiger partial charge in [-0.2, -0.15) is 0 Å². The number of ether oxygens (including phenoxy) is 3. The third-order valence-electron chi connectivity index (χ3n) is 4.51. The summed E-state index contributed by atoms with van der Waals surface area (Å²) in [7, 11) is 0. The molecule has 1 N–H and O–H groups in total. The standard InChI is InChI=1S/C23H15Cl3O5/c24-16-8-17(25)10-19(9-16)31-18-3-1-13(2-4-23(27)28)14(6-18)5-15-7-21-22(11-20(15)26)30-12-29-21/h1-4,6-11H,5,12H2,(H,27,28)/b4-2+. The quantitative estimate of drug-likeness (QED) is 0.393. The highest BCUT2D eigenvalue weighted by Gasteiger charge is 2.17. The largest absolute Gasteiger partial charge is 0.478 e. The maximum Gasteiger partial charge on any atom is 0.328 e. The van der Waals surface area contributed by atoms with Gasteiger partial charge < -0.3 is 19.3 Å². The molecule has 0 bridgehead atoms. The first-order valence-electron chi connectivity index (χ1n) is 9.13. The van der Waals surface area contributed by atoms with Crippen molar-refractivity contribution in [2.45, 2.75) is 6.42 Å². The summed E-state index contributed by atoms with van der Waals surface area (Å²) in [6.45, 7) is 0.146. The van der Waals surface area contributed by atoms with Crippen LogP contribution >= 0.6 is 34.8 Å². The third-order valence-corrected chi connectivity index (χ3v) is 5.30. The number of hydrogen-bond acceptors (Lipinski definition) is 4. The first-order chi connectivity index (χ1) is 14.9. The molecule has 0 atom stereocenters. The van der Waals surface area contributed by atoms with Gasteiger partial charge in [0.1, 0.15) is 11.5 Å². The Morgan fingerprint density at radius 3 is 2.35 bits per heavy atom. The van der Waals surface area contributed by atoms with Crippen LogP contribution in [0.2, 0.25) is 15.1 Å². The van der Waals surface area contributed by atoms with Crippen LogP contribution in [-0.2, 0) is 11.2 Å². The highest BCUT2D eigenvalue weighted by molar-refractivity contribution is 6.34. The molecule has 0 amide bonds. The molecule has 0 aromatic heterocycles. The molecule has 0 aliphatic carbocycles. The lowest BCUT2D eigenvalue weighted by Crippen LogP contribution is -1.96. The lowest BCUT2D eigenvalue weighted by molar-refractivity contribution is -0.131. The zero-order chi connectivity index (χ0) is 22.0. The van der Waals surface area contributed by atoms with Crippen LogP contribution in [0.3, 0.4) is 0 Å². The number of carboxylic acids is 1. The Morgan fingerprint density at radius 2 is 1.65 bits per heavy atom. The summed E-state index contributed by atoms with van der Waals surface area (Å²) in [6.07, 6.45) is 3.03. The van der Waals surface area contributed by atoms with E-state index in [9.17, 15) is 4.79 Å². The lowest BCUT2D eigenvalue weighted by atomic mass is 9.98. The van der Waals surface area contributed by atoms with Crippen molar-refractivity contribution in [2.24, 2.45) is 0 Å². The maximum absolute atomic E-state index is 11.0. The normalized spacial score (nSPS) is 12.4. The van der Waals surface area contributed by atoms with Crippen molar-refractivity contribution in [1.82, 2.24) is 0 Å². The summed E-state index contributed by atoms with van der Waals surface area (Å²) in [5, 5.41) is 10.4. The lowest BCUT2D eigenvalue weighted by Gasteiger charge is -2.13. The van der Waals surface area contributed by atoms with E-state index < -0.39 is 5.97 Å². The van der Waals surface area contributed by atoms with Gasteiger partial charge in [0.25, 0.3) is 0 Å². The van der Waals surface area contributed by atoms with Gasteiger partial charge in [-0.3, -0.25) is 0 Å². The zero-order valence-electron chi connectivity index (χ0n) is 15.9. The summed E-state index contributed by atoms with van der Waals surface area (Å²) in [6, 6.07) is 13.8. The van der Waals surface area contributed by atoms with Crippen molar-refractivity contribution < 1.29 is 24.1 Å². The summed E-state index contributed by atoms with van der Waals surface area (Å²) in [5.74, 6) is 1.19. The van der Waals surface area contributed by atoms with Crippen molar-refractivity contribution in [3.63, 3.8) is 0 Å². The molecule has 0 spiro atoms. The second kappa shape index (κ2) is 9.10. The van der Waals surface area contributed by atoms with Crippen LogP contribution in [0.1, 0.15) is 16.7 Å². The van der Waals surface area contributed by atoms with E-state index in [4.69, 9.17) is 54.1 Å². The van der Waals surface area contributed by atoms with Gasteiger partial charge in [-0.05, 0) is 65.6 Å². The van der Waals surface area contributed by atoms with Gasteiger partial charge in [-0.15, -0.1) is 0 Å². The van der Waals surface area contributed by atoms with Crippen molar-refractivity contribution >= 4 is 46.8 Å². The SMILES string of the molecule is O=C(O)/C=C/c1ccc(Oc2cc(Cl)cc(Cl)c2)cc1Cc1cc2c(cc1Cl)OCO2. The number of hydrogen-bond donors (Lipinski definition) is 1. The molecule has 1 heterocycles. The molecule has 31 heavy (non-hydrogen) atoms. The van der Waals surface area contributed by atoms with Crippen LogP contribution in [0.15, 0.2) is 54.6 Å². The van der Waals surface area contributed by atoms with Crippen LogP contribution in [0.4, 0.5) is 0 Å². The van der Waals surface area contributed by atoms with Crippen molar-refractivity contribution in [2.75, 3.05) is 6.79 Å². The second-order valence-electron chi connectivity index (χ2n) is 6.71. The highest BCUT2D eigenvalue weighted by Crippen LogP contribution is 2.38. The molecule has 8 heteroatoms. The fourth-order valence-electron chi connectivity index (χ4n) is 3.15. The zero-order valence-corrected chi connectivity index (χ0v) is 18.2. The van der Waals surface area contributed by atoms with E-state index in [0.717, 1.165) is 17.2 Å². The van der Waals surface area contributed by atoms with Crippen LogP contribution in [0.25, 0.3) is 6.08 Å². The molecule has 1 aliphatic rings. The van der Waals surface area contributed by atoms with E-state index in [1.165, 1.54) is 6.08 Å². The van der Waals surface area contributed by atoms with Gasteiger partial charge in [-0.25, -0.2) is 4.79 Å². The molecule has 0 radical (unpaired) electrons. The number of aliphatic carboxylic acids is 1. The van der Waals surface area contributed by atoms with Gasteiger partial charge in [0, 0.05) is 27.2 Å². The second-order valence-corrected chi connectivity index (χ2v) is 7.99. The highest BCUT2D eigenvalue weighted by atomic mass is 35.5. The van der Waals surface area contributed by atoms with Crippen LogP contribution < -0.4 is 14.2 Å². The number of carbonyl (C=O) groups is 1. The molecule has 1 aliphatic heterocycles. The van der Waals surface area contributed by atoms with E-state index in [-0.39, 0.29) is 6.79 Å². The Labute approximate surface area is 193 Å². The van der Waals surface area contributed by atoms with Gasteiger partial charge in [0.15, 0.2) is 11.5 Å². The Bertz CT molecular complexity index is 1170. The van der Waals surface area contributed by atoms with E-state index in [1.54, 1.807) is 36.4 Å². The number of benzene rings is 3. The Morgan fingerprint density at radius 1 is 0.935 bits per heavy atom. The predicted molar refractivity (Wildman–Crippen MR) is 120 cm³/mol. The van der Waals surface area contributed by atoms with E-state index in [2.05, 4.69) is 0 Å². The first kappa shape index (κ1) is 21.4. The molecule has 0 fully saturated rings. The molecule has 158 valence electrons. The monoisotopic (exact) mass is 476 g/mol. The summed E-state index contributed by atoms with van der Waals surface area (Å²) >= 11 is 18.5. The van der Waals surface area contributed by atoms with Crippen LogP contribution in [-0.4, -0.2) is 17.9 Å². The number of fused-ring (bicyclic) bond motifs is 1. The minimum atomic E-state index is -1.04. The fraction of sp³-hybridized carbons (Fsp3) is 0.0870. The van der Waals surface area contributed by atoms with Crippen LogP contribution in [0.5, 0.6) is 23.0 Å². The van der Waals surface area contributed by atoms with E-state index >= 15 is 0 Å².